The topological polar surface area (TPSA) is 12.0 Å². The zero-order valence-electron chi connectivity index (χ0n) is 14.4. The summed E-state index contributed by atoms with van der Waals surface area (Å²) in [5.41, 5.74) is 0. The maximum absolute atomic E-state index is 3.57. The molecule has 1 heteroatoms. The van der Waals surface area contributed by atoms with E-state index >= 15 is 0 Å². The molecule has 1 nitrogen and oxygen atoms in total. The molecule has 120 valence electrons. The highest BCUT2D eigenvalue weighted by molar-refractivity contribution is 4.83. The van der Waals surface area contributed by atoms with Crippen molar-refractivity contribution in [2.24, 2.45) is 11.8 Å². The van der Waals surface area contributed by atoms with Gasteiger partial charge in [-0.2, -0.15) is 0 Å². The van der Waals surface area contributed by atoms with Gasteiger partial charge in [0.2, 0.25) is 0 Å². The Kier molecular flexibility index (Phi) is 10.4. The van der Waals surface area contributed by atoms with E-state index in [9.17, 15) is 0 Å². The molecule has 0 radical (unpaired) electrons. The summed E-state index contributed by atoms with van der Waals surface area (Å²) >= 11 is 0. The van der Waals surface area contributed by atoms with Gasteiger partial charge >= 0.3 is 0 Å². The van der Waals surface area contributed by atoms with E-state index in [1.165, 1.54) is 83.5 Å². The molecule has 3 atom stereocenters. The molecule has 1 fully saturated rings. The summed E-state index contributed by atoms with van der Waals surface area (Å²) in [5.74, 6) is 1.97. The van der Waals surface area contributed by atoms with E-state index in [1.807, 2.05) is 0 Å². The van der Waals surface area contributed by atoms with E-state index in [2.05, 4.69) is 26.2 Å². The number of rotatable bonds is 11. The molecule has 0 saturated heterocycles. The van der Waals surface area contributed by atoms with Crippen molar-refractivity contribution in [3.05, 3.63) is 0 Å². The SMILES string of the molecule is CCCCCCCCCCC1CC(CC)CCC1NC. The normalized spacial score (nSPS) is 26.9. The summed E-state index contributed by atoms with van der Waals surface area (Å²) in [6, 6.07) is 0.808. The Morgan fingerprint density at radius 3 is 2.10 bits per heavy atom. The number of unbranched alkanes of at least 4 members (excludes halogenated alkanes) is 7. The first-order valence-corrected chi connectivity index (χ1v) is 9.49. The molecular weight excluding hydrogens is 242 g/mol. The minimum absolute atomic E-state index is 0.808. The second-order valence-electron chi connectivity index (χ2n) is 7.01. The third-order valence-electron chi connectivity index (χ3n) is 5.47. The van der Waals surface area contributed by atoms with Crippen LogP contribution < -0.4 is 5.32 Å². The van der Waals surface area contributed by atoms with E-state index in [0.29, 0.717) is 0 Å². The first-order chi connectivity index (χ1) is 9.81. The van der Waals surface area contributed by atoms with Crippen LogP contribution in [0.25, 0.3) is 0 Å². The van der Waals surface area contributed by atoms with E-state index in [0.717, 1.165) is 17.9 Å². The zero-order valence-corrected chi connectivity index (χ0v) is 14.4. The van der Waals surface area contributed by atoms with Crippen molar-refractivity contribution in [2.75, 3.05) is 7.05 Å². The van der Waals surface area contributed by atoms with Gasteiger partial charge in [-0.25, -0.2) is 0 Å². The smallest absolute Gasteiger partial charge is 0.00925 e. The van der Waals surface area contributed by atoms with Crippen molar-refractivity contribution < 1.29 is 0 Å². The lowest BCUT2D eigenvalue weighted by atomic mass is 9.75. The lowest BCUT2D eigenvalue weighted by molar-refractivity contribution is 0.192. The summed E-state index contributed by atoms with van der Waals surface area (Å²) in [6.07, 6.45) is 18.8. The van der Waals surface area contributed by atoms with Gasteiger partial charge in [-0.1, -0.05) is 71.6 Å². The molecule has 0 spiro atoms. The minimum Gasteiger partial charge on any atom is -0.317 e. The van der Waals surface area contributed by atoms with Gasteiger partial charge in [0.15, 0.2) is 0 Å². The Bertz CT molecular complexity index is 214. The Morgan fingerprint density at radius 1 is 0.850 bits per heavy atom. The number of hydrogen-bond acceptors (Lipinski definition) is 1. The molecule has 1 aliphatic rings. The van der Waals surface area contributed by atoms with Crippen LogP contribution in [0, 0.1) is 11.8 Å². The molecule has 0 aromatic rings. The van der Waals surface area contributed by atoms with Crippen molar-refractivity contribution in [2.45, 2.75) is 103 Å². The quantitative estimate of drug-likeness (QED) is 0.463. The van der Waals surface area contributed by atoms with Crippen molar-refractivity contribution in [1.82, 2.24) is 5.32 Å². The van der Waals surface area contributed by atoms with Gasteiger partial charge in [0.05, 0.1) is 0 Å². The van der Waals surface area contributed by atoms with Crippen molar-refractivity contribution in [3.63, 3.8) is 0 Å². The van der Waals surface area contributed by atoms with Crippen molar-refractivity contribution in [3.8, 4) is 0 Å². The lowest BCUT2D eigenvalue weighted by Crippen LogP contribution is -2.38. The molecule has 20 heavy (non-hydrogen) atoms. The highest BCUT2D eigenvalue weighted by Gasteiger charge is 2.27. The molecule has 0 aromatic carbocycles. The molecule has 1 N–H and O–H groups in total. The van der Waals surface area contributed by atoms with Crippen LogP contribution in [0.1, 0.15) is 97.3 Å². The van der Waals surface area contributed by atoms with Crippen LogP contribution in [0.5, 0.6) is 0 Å². The van der Waals surface area contributed by atoms with Crippen LogP contribution in [-0.2, 0) is 0 Å². The van der Waals surface area contributed by atoms with Crippen LogP contribution in [0.15, 0.2) is 0 Å². The Hall–Kier alpha value is -0.0400. The summed E-state index contributed by atoms with van der Waals surface area (Å²) < 4.78 is 0. The summed E-state index contributed by atoms with van der Waals surface area (Å²) in [7, 11) is 2.16. The Balaban J connectivity index is 2.06. The molecular formula is C19H39N. The average molecular weight is 282 g/mol. The maximum atomic E-state index is 3.57. The third-order valence-corrected chi connectivity index (χ3v) is 5.47. The fourth-order valence-corrected chi connectivity index (χ4v) is 3.97. The highest BCUT2D eigenvalue weighted by atomic mass is 14.9. The lowest BCUT2D eigenvalue weighted by Gasteiger charge is -2.36. The summed E-state index contributed by atoms with van der Waals surface area (Å²) in [6.45, 7) is 4.67. The van der Waals surface area contributed by atoms with E-state index in [1.54, 1.807) is 0 Å². The largest absolute Gasteiger partial charge is 0.317 e. The first kappa shape index (κ1) is 18.0. The summed E-state index contributed by atoms with van der Waals surface area (Å²) in [4.78, 5) is 0. The standard InChI is InChI=1S/C19H39N/c1-4-6-7-8-9-10-11-12-13-18-16-17(5-2)14-15-19(18)20-3/h17-20H,4-16H2,1-3H3. The zero-order chi connectivity index (χ0) is 14.6. The van der Waals surface area contributed by atoms with Crippen LogP contribution in [0.3, 0.4) is 0 Å². The predicted octanol–water partition coefficient (Wildman–Crippen LogP) is 5.93. The Morgan fingerprint density at radius 2 is 1.50 bits per heavy atom. The molecule has 1 aliphatic carbocycles. The van der Waals surface area contributed by atoms with Crippen LogP contribution in [-0.4, -0.2) is 13.1 Å². The van der Waals surface area contributed by atoms with Gasteiger partial charge in [-0.3, -0.25) is 0 Å². The molecule has 0 amide bonds. The summed E-state index contributed by atoms with van der Waals surface area (Å²) in [5, 5.41) is 3.57. The molecule has 1 rings (SSSR count). The van der Waals surface area contributed by atoms with Gasteiger partial charge in [-0.05, 0) is 44.6 Å². The van der Waals surface area contributed by atoms with Gasteiger partial charge in [0.25, 0.3) is 0 Å². The molecule has 0 bridgehead atoms. The predicted molar refractivity (Wildman–Crippen MR) is 91.2 cm³/mol. The maximum Gasteiger partial charge on any atom is 0.00925 e. The van der Waals surface area contributed by atoms with Crippen LogP contribution in [0.2, 0.25) is 0 Å². The van der Waals surface area contributed by atoms with Gasteiger partial charge in [-0.15, -0.1) is 0 Å². The van der Waals surface area contributed by atoms with Gasteiger partial charge < -0.3 is 5.32 Å². The van der Waals surface area contributed by atoms with Crippen molar-refractivity contribution >= 4 is 0 Å². The molecule has 0 heterocycles. The van der Waals surface area contributed by atoms with E-state index in [-0.39, 0.29) is 0 Å². The van der Waals surface area contributed by atoms with Gasteiger partial charge in [0, 0.05) is 6.04 Å². The van der Waals surface area contributed by atoms with Crippen LogP contribution in [0.4, 0.5) is 0 Å². The Labute approximate surface area is 128 Å². The third kappa shape index (κ3) is 7.11. The second kappa shape index (κ2) is 11.6. The average Bonchev–Trinajstić information content (AvgIpc) is 2.49. The van der Waals surface area contributed by atoms with Crippen LogP contribution >= 0.6 is 0 Å². The molecule has 1 saturated carbocycles. The minimum atomic E-state index is 0.808. The molecule has 0 aliphatic heterocycles. The molecule has 0 aromatic heterocycles. The van der Waals surface area contributed by atoms with E-state index < -0.39 is 0 Å². The fourth-order valence-electron chi connectivity index (χ4n) is 3.97. The second-order valence-corrected chi connectivity index (χ2v) is 7.01. The first-order valence-electron chi connectivity index (χ1n) is 9.49. The molecule has 3 unspecified atom stereocenters. The van der Waals surface area contributed by atoms with Gasteiger partial charge in [0.1, 0.15) is 0 Å². The van der Waals surface area contributed by atoms with E-state index in [4.69, 9.17) is 0 Å². The number of hydrogen-bond donors (Lipinski definition) is 1. The highest BCUT2D eigenvalue weighted by Crippen LogP contribution is 2.34. The van der Waals surface area contributed by atoms with Crippen molar-refractivity contribution in [1.29, 1.82) is 0 Å². The monoisotopic (exact) mass is 281 g/mol. The fraction of sp³-hybridized carbons (Fsp3) is 1.00. The number of nitrogens with one attached hydrogen (secondary N) is 1.